The van der Waals surface area contributed by atoms with E-state index in [-0.39, 0.29) is 18.0 Å². The number of carbonyl (C=O) groups is 1. The lowest BCUT2D eigenvalue weighted by molar-refractivity contribution is 0.0936. The second kappa shape index (κ2) is 8.26. The van der Waals surface area contributed by atoms with Crippen LogP contribution in [0.4, 0.5) is 0 Å². The van der Waals surface area contributed by atoms with Crippen molar-refractivity contribution >= 4 is 5.91 Å². The van der Waals surface area contributed by atoms with Crippen molar-refractivity contribution in [2.75, 3.05) is 14.2 Å². The van der Waals surface area contributed by atoms with Gasteiger partial charge in [0.1, 0.15) is 12.7 Å². The number of benzene rings is 1. The van der Waals surface area contributed by atoms with Crippen molar-refractivity contribution < 1.29 is 14.3 Å². The summed E-state index contributed by atoms with van der Waals surface area (Å²) in [6.07, 6.45) is 3.07. The van der Waals surface area contributed by atoms with Crippen LogP contribution in [-0.4, -0.2) is 50.9 Å². The first kappa shape index (κ1) is 18.3. The van der Waals surface area contributed by atoms with Crippen molar-refractivity contribution in [1.82, 2.24) is 30.0 Å². The van der Waals surface area contributed by atoms with Crippen LogP contribution < -0.4 is 14.8 Å². The standard InChI is InChI=1S/C18H20N6O3/c1-12(9-24-11-19-10-20-24)21-17(25)14-6-4-5-13(7-14)15-8-16(26-2)23-18(22-15)27-3/h4-8,10-12H,9H2,1-3H3,(H,21,25)/t12-/m0/s1. The minimum Gasteiger partial charge on any atom is -0.481 e. The van der Waals surface area contributed by atoms with E-state index in [9.17, 15) is 4.79 Å². The van der Waals surface area contributed by atoms with Gasteiger partial charge in [0, 0.05) is 23.2 Å². The van der Waals surface area contributed by atoms with Crippen LogP contribution in [0.2, 0.25) is 0 Å². The Morgan fingerprint density at radius 2 is 2.07 bits per heavy atom. The van der Waals surface area contributed by atoms with Crippen LogP contribution >= 0.6 is 0 Å². The van der Waals surface area contributed by atoms with E-state index in [1.165, 1.54) is 20.5 Å². The predicted octanol–water partition coefficient (Wildman–Crippen LogP) is 1.57. The molecule has 27 heavy (non-hydrogen) atoms. The van der Waals surface area contributed by atoms with Gasteiger partial charge >= 0.3 is 6.01 Å². The van der Waals surface area contributed by atoms with Crippen molar-refractivity contribution in [3.05, 3.63) is 48.5 Å². The Kier molecular flexibility index (Phi) is 5.60. The van der Waals surface area contributed by atoms with E-state index < -0.39 is 0 Å². The van der Waals surface area contributed by atoms with Crippen molar-refractivity contribution in [3.8, 4) is 23.1 Å². The fraction of sp³-hybridized carbons (Fsp3) is 0.278. The van der Waals surface area contributed by atoms with Gasteiger partial charge in [0.2, 0.25) is 5.88 Å². The van der Waals surface area contributed by atoms with Crippen LogP contribution in [0.5, 0.6) is 11.9 Å². The highest BCUT2D eigenvalue weighted by atomic mass is 16.5. The Bertz CT molecular complexity index is 891. The lowest BCUT2D eigenvalue weighted by Crippen LogP contribution is -2.35. The highest BCUT2D eigenvalue weighted by molar-refractivity contribution is 5.95. The maximum atomic E-state index is 12.6. The number of ether oxygens (including phenoxy) is 2. The molecule has 9 nitrogen and oxygen atoms in total. The van der Waals surface area contributed by atoms with Gasteiger partial charge in [-0.3, -0.25) is 9.48 Å². The number of aromatic nitrogens is 5. The highest BCUT2D eigenvalue weighted by Gasteiger charge is 2.13. The first-order valence-electron chi connectivity index (χ1n) is 8.30. The maximum Gasteiger partial charge on any atom is 0.320 e. The summed E-state index contributed by atoms with van der Waals surface area (Å²) in [6, 6.07) is 8.94. The maximum absolute atomic E-state index is 12.6. The predicted molar refractivity (Wildman–Crippen MR) is 97.5 cm³/mol. The first-order valence-corrected chi connectivity index (χ1v) is 8.30. The van der Waals surface area contributed by atoms with Gasteiger partial charge in [0.15, 0.2) is 0 Å². The lowest BCUT2D eigenvalue weighted by Gasteiger charge is -2.14. The van der Waals surface area contributed by atoms with Gasteiger partial charge in [-0.25, -0.2) is 4.98 Å². The minimum absolute atomic E-state index is 0.109. The average molecular weight is 368 g/mol. The Labute approximate surface area is 156 Å². The molecule has 1 atom stereocenters. The van der Waals surface area contributed by atoms with Crippen LogP contribution in [0, 0.1) is 0 Å². The lowest BCUT2D eigenvalue weighted by atomic mass is 10.1. The smallest absolute Gasteiger partial charge is 0.320 e. The molecule has 1 amide bonds. The fourth-order valence-corrected chi connectivity index (χ4v) is 2.53. The van der Waals surface area contributed by atoms with Gasteiger partial charge in [-0.15, -0.1) is 0 Å². The normalized spacial score (nSPS) is 11.7. The molecule has 0 radical (unpaired) electrons. The second-order valence-corrected chi connectivity index (χ2v) is 5.86. The van der Waals surface area contributed by atoms with Gasteiger partial charge < -0.3 is 14.8 Å². The van der Waals surface area contributed by atoms with Gasteiger partial charge in [-0.05, 0) is 19.1 Å². The van der Waals surface area contributed by atoms with Crippen LogP contribution in [0.15, 0.2) is 43.0 Å². The summed E-state index contributed by atoms with van der Waals surface area (Å²) in [7, 11) is 3.00. The summed E-state index contributed by atoms with van der Waals surface area (Å²) in [5.41, 5.74) is 1.88. The van der Waals surface area contributed by atoms with Gasteiger partial charge in [0.05, 0.1) is 26.5 Å². The molecule has 9 heteroatoms. The zero-order valence-electron chi connectivity index (χ0n) is 15.3. The summed E-state index contributed by atoms with van der Waals surface area (Å²) >= 11 is 0. The van der Waals surface area contributed by atoms with Crippen molar-refractivity contribution in [1.29, 1.82) is 0 Å². The van der Waals surface area contributed by atoms with E-state index >= 15 is 0 Å². The molecule has 1 N–H and O–H groups in total. The van der Waals surface area contributed by atoms with Crippen LogP contribution in [-0.2, 0) is 6.54 Å². The molecule has 0 aliphatic rings. The Balaban J connectivity index is 1.78. The third-order valence-corrected chi connectivity index (χ3v) is 3.80. The van der Waals surface area contributed by atoms with Gasteiger partial charge in [-0.2, -0.15) is 15.1 Å². The molecular weight excluding hydrogens is 348 g/mol. The van der Waals surface area contributed by atoms with Crippen LogP contribution in [0.1, 0.15) is 17.3 Å². The molecule has 0 aliphatic heterocycles. The molecule has 0 unspecified atom stereocenters. The topological polar surface area (TPSA) is 104 Å². The third-order valence-electron chi connectivity index (χ3n) is 3.80. The number of nitrogens with zero attached hydrogens (tertiary/aromatic N) is 5. The molecule has 1 aromatic carbocycles. The number of hydrogen-bond acceptors (Lipinski definition) is 7. The fourth-order valence-electron chi connectivity index (χ4n) is 2.53. The number of amides is 1. The van der Waals surface area contributed by atoms with Crippen molar-refractivity contribution in [3.63, 3.8) is 0 Å². The molecule has 3 rings (SSSR count). The molecule has 0 fully saturated rings. The summed E-state index contributed by atoms with van der Waals surface area (Å²) < 4.78 is 11.9. The van der Waals surface area contributed by atoms with E-state index in [1.807, 2.05) is 13.0 Å². The molecule has 0 aliphatic carbocycles. The summed E-state index contributed by atoms with van der Waals surface area (Å²) in [5, 5.41) is 6.99. The van der Waals surface area contributed by atoms with E-state index in [1.54, 1.807) is 35.3 Å². The number of hydrogen-bond donors (Lipinski definition) is 1. The molecule has 3 aromatic rings. The van der Waals surface area contributed by atoms with Crippen LogP contribution in [0.25, 0.3) is 11.3 Å². The van der Waals surface area contributed by atoms with Gasteiger partial charge in [-0.1, -0.05) is 12.1 Å². The van der Waals surface area contributed by atoms with Gasteiger partial charge in [0.25, 0.3) is 5.91 Å². The highest BCUT2D eigenvalue weighted by Crippen LogP contribution is 2.24. The summed E-state index contributed by atoms with van der Waals surface area (Å²) in [4.78, 5) is 24.9. The SMILES string of the molecule is COc1cc(-c2cccc(C(=O)N[C@@H](C)Cn3cncn3)c2)nc(OC)n1. The van der Waals surface area contributed by atoms with E-state index in [2.05, 4.69) is 25.4 Å². The second-order valence-electron chi connectivity index (χ2n) is 5.86. The molecule has 2 heterocycles. The number of methoxy groups -OCH3 is 2. The molecule has 0 saturated carbocycles. The van der Waals surface area contributed by atoms with Crippen LogP contribution in [0.3, 0.4) is 0 Å². The largest absolute Gasteiger partial charge is 0.481 e. The van der Waals surface area contributed by atoms with Crippen molar-refractivity contribution in [2.45, 2.75) is 19.5 Å². The Hall–Kier alpha value is -3.49. The zero-order valence-corrected chi connectivity index (χ0v) is 15.3. The molecule has 0 saturated heterocycles. The van der Waals surface area contributed by atoms with E-state index in [0.717, 1.165) is 5.56 Å². The number of nitrogens with one attached hydrogen (secondary N) is 1. The number of carbonyl (C=O) groups excluding carboxylic acids is 1. The third kappa shape index (κ3) is 4.57. The minimum atomic E-state index is -0.183. The average Bonchev–Trinajstić information content (AvgIpc) is 3.20. The van der Waals surface area contributed by atoms with E-state index in [4.69, 9.17) is 9.47 Å². The number of rotatable bonds is 7. The molecule has 2 aromatic heterocycles. The monoisotopic (exact) mass is 368 g/mol. The molecule has 140 valence electrons. The summed E-state index contributed by atoms with van der Waals surface area (Å²) in [5.74, 6) is 0.200. The molecular formula is C18H20N6O3. The zero-order chi connectivity index (χ0) is 19.2. The molecule has 0 bridgehead atoms. The van der Waals surface area contributed by atoms with E-state index in [0.29, 0.717) is 23.7 Å². The Morgan fingerprint density at radius 1 is 1.22 bits per heavy atom. The molecule has 0 spiro atoms. The first-order chi connectivity index (χ1) is 13.1. The Morgan fingerprint density at radius 3 is 2.78 bits per heavy atom. The summed E-state index contributed by atoms with van der Waals surface area (Å²) in [6.45, 7) is 2.44. The quantitative estimate of drug-likeness (QED) is 0.675. The van der Waals surface area contributed by atoms with Crippen molar-refractivity contribution in [2.24, 2.45) is 0 Å².